The highest BCUT2D eigenvalue weighted by molar-refractivity contribution is 7.10. The first-order valence-corrected chi connectivity index (χ1v) is 4.89. The minimum Gasteiger partial charge on any atom is -0.396 e. The number of nitrogen functional groups attached to an aromatic ring is 1. The fourth-order valence-electron chi connectivity index (χ4n) is 1.38. The van der Waals surface area contributed by atoms with Gasteiger partial charge in [0.15, 0.2) is 0 Å². The maximum Gasteiger partial charge on any atom is 0.0917 e. The molecule has 13 heavy (non-hydrogen) atoms. The molecule has 0 spiro atoms. The highest BCUT2D eigenvalue weighted by atomic mass is 32.1. The van der Waals surface area contributed by atoms with E-state index < -0.39 is 0 Å². The van der Waals surface area contributed by atoms with Crippen molar-refractivity contribution in [3.8, 4) is 11.3 Å². The lowest BCUT2D eigenvalue weighted by Crippen LogP contribution is -1.94. The van der Waals surface area contributed by atoms with Gasteiger partial charge in [0.1, 0.15) is 0 Å². The summed E-state index contributed by atoms with van der Waals surface area (Å²) in [7, 11) is 1.90. The Bertz CT molecular complexity index is 408. The smallest absolute Gasteiger partial charge is 0.0917 e. The highest BCUT2D eigenvalue weighted by Crippen LogP contribution is 2.28. The first-order chi connectivity index (χ1) is 6.18. The topological polar surface area (TPSA) is 43.8 Å². The predicted octanol–water partition coefficient (Wildman–Crippen LogP) is 2.04. The van der Waals surface area contributed by atoms with E-state index in [2.05, 4.69) is 23.5 Å². The van der Waals surface area contributed by atoms with E-state index in [0.717, 1.165) is 16.9 Å². The minimum absolute atomic E-state index is 0.736. The number of anilines is 1. The van der Waals surface area contributed by atoms with Crippen LogP contribution < -0.4 is 5.73 Å². The molecule has 2 N–H and O–H groups in total. The van der Waals surface area contributed by atoms with Crippen LogP contribution in [0.25, 0.3) is 11.3 Å². The number of nitrogens with two attached hydrogens (primary N) is 1. The zero-order chi connectivity index (χ0) is 9.42. The molecule has 0 amide bonds. The van der Waals surface area contributed by atoms with Crippen LogP contribution in [-0.2, 0) is 7.05 Å². The van der Waals surface area contributed by atoms with Crippen LogP contribution in [-0.4, -0.2) is 9.78 Å². The molecule has 2 aromatic rings. The molecule has 0 bridgehead atoms. The van der Waals surface area contributed by atoms with Gasteiger partial charge in [-0.2, -0.15) is 5.10 Å². The van der Waals surface area contributed by atoms with E-state index in [4.69, 9.17) is 5.73 Å². The third kappa shape index (κ3) is 1.33. The highest BCUT2D eigenvalue weighted by Gasteiger charge is 2.08. The standard InChI is InChI=1S/C9H11N3S/c1-6-3-7(5-13-6)9-8(10)4-11-12(9)2/h3-5H,10H2,1-2H3. The first-order valence-electron chi connectivity index (χ1n) is 4.01. The molecule has 68 valence electrons. The van der Waals surface area contributed by atoms with Gasteiger partial charge in [0.2, 0.25) is 0 Å². The summed E-state index contributed by atoms with van der Waals surface area (Å²) in [5, 5.41) is 6.20. The van der Waals surface area contributed by atoms with Gasteiger partial charge in [0, 0.05) is 22.9 Å². The van der Waals surface area contributed by atoms with Crippen LogP contribution in [0.3, 0.4) is 0 Å². The molecule has 2 aromatic heterocycles. The summed E-state index contributed by atoms with van der Waals surface area (Å²) < 4.78 is 1.80. The Kier molecular flexibility index (Phi) is 1.84. The van der Waals surface area contributed by atoms with Crippen molar-refractivity contribution in [1.82, 2.24) is 9.78 Å². The number of rotatable bonds is 1. The second-order valence-corrected chi connectivity index (χ2v) is 4.13. The fourth-order valence-corrected chi connectivity index (χ4v) is 2.06. The summed E-state index contributed by atoms with van der Waals surface area (Å²) in [5.41, 5.74) is 8.70. The average Bonchev–Trinajstić information content (AvgIpc) is 2.60. The second-order valence-electron chi connectivity index (χ2n) is 3.02. The number of aryl methyl sites for hydroxylation is 2. The molecule has 0 aliphatic rings. The van der Waals surface area contributed by atoms with Crippen molar-refractivity contribution in [2.45, 2.75) is 6.92 Å². The van der Waals surface area contributed by atoms with Crippen LogP contribution in [0, 0.1) is 6.92 Å². The summed E-state index contributed by atoms with van der Waals surface area (Å²) in [6.45, 7) is 2.08. The number of nitrogens with zero attached hydrogens (tertiary/aromatic N) is 2. The van der Waals surface area contributed by atoms with Crippen LogP contribution in [0.2, 0.25) is 0 Å². The first kappa shape index (κ1) is 8.31. The molecule has 4 heteroatoms. The van der Waals surface area contributed by atoms with Gasteiger partial charge in [-0.05, 0) is 13.0 Å². The lowest BCUT2D eigenvalue weighted by atomic mass is 10.2. The lowest BCUT2D eigenvalue weighted by Gasteiger charge is -1.99. The molecule has 0 fully saturated rings. The molecule has 0 radical (unpaired) electrons. The summed E-state index contributed by atoms with van der Waals surface area (Å²) >= 11 is 1.72. The van der Waals surface area contributed by atoms with Gasteiger partial charge < -0.3 is 5.73 Å². The van der Waals surface area contributed by atoms with Crippen molar-refractivity contribution in [1.29, 1.82) is 0 Å². The summed E-state index contributed by atoms with van der Waals surface area (Å²) in [6, 6.07) is 2.12. The molecular weight excluding hydrogens is 182 g/mol. The summed E-state index contributed by atoms with van der Waals surface area (Å²) in [6.07, 6.45) is 1.68. The molecule has 0 aromatic carbocycles. The number of hydrogen-bond donors (Lipinski definition) is 1. The minimum atomic E-state index is 0.736. The molecular formula is C9H11N3S. The van der Waals surface area contributed by atoms with Gasteiger partial charge in [-0.1, -0.05) is 0 Å². The zero-order valence-electron chi connectivity index (χ0n) is 7.61. The van der Waals surface area contributed by atoms with E-state index in [1.54, 1.807) is 22.2 Å². The van der Waals surface area contributed by atoms with Crippen molar-refractivity contribution in [3.05, 3.63) is 22.5 Å². The Balaban J connectivity index is 2.57. The van der Waals surface area contributed by atoms with E-state index in [1.807, 2.05) is 7.05 Å². The average molecular weight is 193 g/mol. The van der Waals surface area contributed by atoms with E-state index in [9.17, 15) is 0 Å². The molecule has 2 rings (SSSR count). The van der Waals surface area contributed by atoms with Gasteiger partial charge >= 0.3 is 0 Å². The van der Waals surface area contributed by atoms with Crippen molar-refractivity contribution < 1.29 is 0 Å². The molecule has 0 atom stereocenters. The Morgan fingerprint density at radius 2 is 2.31 bits per heavy atom. The van der Waals surface area contributed by atoms with Crippen LogP contribution in [0.15, 0.2) is 17.6 Å². The maximum absolute atomic E-state index is 5.80. The van der Waals surface area contributed by atoms with Gasteiger partial charge in [-0.25, -0.2) is 0 Å². The Hall–Kier alpha value is -1.29. The molecule has 3 nitrogen and oxygen atoms in total. The van der Waals surface area contributed by atoms with Crippen molar-refractivity contribution in [3.63, 3.8) is 0 Å². The van der Waals surface area contributed by atoms with E-state index in [0.29, 0.717) is 0 Å². The second kappa shape index (κ2) is 2.88. The third-order valence-electron chi connectivity index (χ3n) is 1.97. The predicted molar refractivity (Wildman–Crippen MR) is 55.7 cm³/mol. The largest absolute Gasteiger partial charge is 0.396 e. The van der Waals surface area contributed by atoms with Gasteiger partial charge in [-0.3, -0.25) is 4.68 Å². The molecule has 0 aliphatic carbocycles. The van der Waals surface area contributed by atoms with E-state index >= 15 is 0 Å². The zero-order valence-corrected chi connectivity index (χ0v) is 8.43. The third-order valence-corrected chi connectivity index (χ3v) is 2.83. The lowest BCUT2D eigenvalue weighted by molar-refractivity contribution is 0.776. The van der Waals surface area contributed by atoms with Crippen LogP contribution in [0.4, 0.5) is 5.69 Å². The Morgan fingerprint density at radius 3 is 2.77 bits per heavy atom. The van der Waals surface area contributed by atoms with Crippen LogP contribution in [0.5, 0.6) is 0 Å². The van der Waals surface area contributed by atoms with Crippen molar-refractivity contribution >= 4 is 17.0 Å². The molecule has 0 saturated heterocycles. The molecule has 0 unspecified atom stereocenters. The maximum atomic E-state index is 5.80. The fraction of sp³-hybridized carbons (Fsp3) is 0.222. The SMILES string of the molecule is Cc1cc(-c2c(N)cnn2C)cs1. The molecule has 0 aliphatic heterocycles. The number of hydrogen-bond acceptors (Lipinski definition) is 3. The van der Waals surface area contributed by atoms with Crippen LogP contribution in [0.1, 0.15) is 4.88 Å². The van der Waals surface area contributed by atoms with Gasteiger partial charge in [0.25, 0.3) is 0 Å². The van der Waals surface area contributed by atoms with Crippen molar-refractivity contribution in [2.24, 2.45) is 7.05 Å². The number of aromatic nitrogens is 2. The van der Waals surface area contributed by atoms with Crippen molar-refractivity contribution in [2.75, 3.05) is 5.73 Å². The summed E-state index contributed by atoms with van der Waals surface area (Å²) in [4.78, 5) is 1.29. The van der Waals surface area contributed by atoms with Gasteiger partial charge in [0.05, 0.1) is 17.6 Å². The number of thiophene rings is 1. The molecule has 2 heterocycles. The quantitative estimate of drug-likeness (QED) is 0.753. The Labute approximate surface area is 80.8 Å². The monoisotopic (exact) mass is 193 g/mol. The van der Waals surface area contributed by atoms with Gasteiger partial charge in [-0.15, -0.1) is 11.3 Å². The molecule has 0 saturated carbocycles. The normalized spacial score (nSPS) is 10.6. The van der Waals surface area contributed by atoms with E-state index in [1.165, 1.54) is 4.88 Å². The Morgan fingerprint density at radius 1 is 1.54 bits per heavy atom. The van der Waals surface area contributed by atoms with Crippen LogP contribution >= 0.6 is 11.3 Å². The van der Waals surface area contributed by atoms with E-state index in [-0.39, 0.29) is 0 Å². The summed E-state index contributed by atoms with van der Waals surface area (Å²) in [5.74, 6) is 0.